The molecule has 1 heterocycles. The van der Waals surface area contributed by atoms with Crippen molar-refractivity contribution in [1.29, 1.82) is 0 Å². The van der Waals surface area contributed by atoms with Gasteiger partial charge in [0.1, 0.15) is 11.6 Å². The molecular formula is C21H21F2N2O2+. The maximum atomic E-state index is 13.9. The van der Waals surface area contributed by atoms with Gasteiger partial charge in [-0.25, -0.2) is 8.78 Å². The number of hydrogen-bond donors (Lipinski definition) is 2. The smallest absolute Gasteiger partial charge is 0.275 e. The van der Waals surface area contributed by atoms with Crippen LogP contribution in [0.2, 0.25) is 0 Å². The van der Waals surface area contributed by atoms with Crippen LogP contribution < -0.4 is 10.6 Å². The summed E-state index contributed by atoms with van der Waals surface area (Å²) in [4.78, 5) is 12.3. The summed E-state index contributed by atoms with van der Waals surface area (Å²) in [5.41, 5.74) is 1.26. The van der Waals surface area contributed by atoms with Gasteiger partial charge in [0.2, 0.25) is 0 Å². The number of furan rings is 1. The zero-order chi connectivity index (χ0) is 19.2. The van der Waals surface area contributed by atoms with Crippen molar-refractivity contribution in [3.63, 3.8) is 0 Å². The third kappa shape index (κ3) is 4.80. The zero-order valence-corrected chi connectivity index (χ0v) is 14.9. The topological polar surface area (TPSA) is 58.9 Å². The molecule has 2 aromatic carbocycles. The first kappa shape index (κ1) is 18.8. The Morgan fingerprint density at radius 2 is 1.89 bits per heavy atom. The molecule has 0 saturated carbocycles. The largest absolute Gasteiger partial charge is 0.463 e. The molecule has 140 valence electrons. The Balaban J connectivity index is 1.64. The molecule has 1 amide bonds. The van der Waals surface area contributed by atoms with Gasteiger partial charge in [0.05, 0.1) is 12.3 Å². The van der Waals surface area contributed by atoms with Crippen molar-refractivity contribution in [2.24, 2.45) is 0 Å². The molecule has 0 aliphatic rings. The maximum Gasteiger partial charge on any atom is 0.275 e. The van der Waals surface area contributed by atoms with E-state index in [0.29, 0.717) is 0 Å². The second-order valence-electron chi connectivity index (χ2n) is 6.30. The van der Waals surface area contributed by atoms with E-state index in [1.807, 2.05) is 41.7 Å². The highest BCUT2D eigenvalue weighted by Gasteiger charge is 2.22. The molecule has 2 atom stereocenters. The van der Waals surface area contributed by atoms with Crippen LogP contribution in [0.1, 0.15) is 35.9 Å². The van der Waals surface area contributed by atoms with Gasteiger partial charge in [-0.15, -0.1) is 0 Å². The summed E-state index contributed by atoms with van der Waals surface area (Å²) in [6.45, 7) is 1.79. The Hall–Kier alpha value is -2.99. The average Bonchev–Trinajstić information content (AvgIpc) is 3.17. The summed E-state index contributed by atoms with van der Waals surface area (Å²) in [7, 11) is 0. The summed E-state index contributed by atoms with van der Waals surface area (Å²) in [5.74, 6) is -0.831. The number of benzene rings is 2. The van der Waals surface area contributed by atoms with Crippen LogP contribution in [0, 0.1) is 11.6 Å². The molecule has 0 aliphatic heterocycles. The summed E-state index contributed by atoms with van der Waals surface area (Å²) >= 11 is 0. The number of nitrogens with two attached hydrogens (primary N) is 1. The molecular weight excluding hydrogens is 350 g/mol. The van der Waals surface area contributed by atoms with Crippen LogP contribution in [0.4, 0.5) is 8.78 Å². The molecule has 0 bridgehead atoms. The minimum absolute atomic E-state index is 0.132. The lowest BCUT2D eigenvalue weighted by molar-refractivity contribution is -0.678. The third-order valence-corrected chi connectivity index (χ3v) is 4.35. The number of rotatable bonds is 7. The van der Waals surface area contributed by atoms with Gasteiger partial charge in [0, 0.05) is 17.2 Å². The molecule has 0 radical (unpaired) electrons. The lowest BCUT2D eigenvalue weighted by Crippen LogP contribution is -2.87. The van der Waals surface area contributed by atoms with Crippen molar-refractivity contribution < 1.29 is 23.3 Å². The fourth-order valence-electron chi connectivity index (χ4n) is 3.00. The fraction of sp³-hybridized carbons (Fsp3) is 0.190. The second kappa shape index (κ2) is 8.60. The second-order valence-corrected chi connectivity index (χ2v) is 6.30. The number of nitrogens with one attached hydrogen (secondary N) is 1. The molecule has 6 heteroatoms. The fourth-order valence-corrected chi connectivity index (χ4v) is 3.00. The Bertz CT molecular complexity index is 882. The highest BCUT2D eigenvalue weighted by Crippen LogP contribution is 2.19. The first-order valence-corrected chi connectivity index (χ1v) is 8.70. The van der Waals surface area contributed by atoms with Crippen molar-refractivity contribution in [2.75, 3.05) is 6.54 Å². The molecule has 1 aromatic heterocycles. The van der Waals surface area contributed by atoms with E-state index in [4.69, 9.17) is 4.42 Å². The van der Waals surface area contributed by atoms with E-state index in [-0.39, 0.29) is 24.1 Å². The van der Waals surface area contributed by atoms with Gasteiger partial charge in [-0.1, -0.05) is 36.4 Å². The van der Waals surface area contributed by atoms with Gasteiger partial charge >= 0.3 is 0 Å². The van der Waals surface area contributed by atoms with E-state index in [1.165, 1.54) is 12.1 Å². The normalized spacial score (nSPS) is 13.1. The van der Waals surface area contributed by atoms with Crippen molar-refractivity contribution >= 4 is 5.91 Å². The number of carbonyl (C=O) groups is 1. The van der Waals surface area contributed by atoms with Gasteiger partial charge in [0.15, 0.2) is 18.3 Å². The van der Waals surface area contributed by atoms with Crippen LogP contribution in [0.25, 0.3) is 0 Å². The van der Waals surface area contributed by atoms with Crippen molar-refractivity contribution in [3.8, 4) is 0 Å². The molecule has 0 unspecified atom stereocenters. The van der Waals surface area contributed by atoms with Crippen molar-refractivity contribution in [2.45, 2.75) is 19.0 Å². The molecule has 0 fully saturated rings. The number of hydrogen-bond acceptors (Lipinski definition) is 2. The minimum atomic E-state index is -0.676. The Morgan fingerprint density at radius 1 is 1.11 bits per heavy atom. The first-order chi connectivity index (χ1) is 13.0. The van der Waals surface area contributed by atoms with Gasteiger partial charge in [-0.2, -0.15) is 0 Å². The lowest BCUT2D eigenvalue weighted by Gasteiger charge is -2.17. The Morgan fingerprint density at radius 3 is 2.56 bits per heavy atom. The van der Waals surface area contributed by atoms with Gasteiger partial charge < -0.3 is 15.1 Å². The molecule has 3 N–H and O–H groups in total. The lowest BCUT2D eigenvalue weighted by atomic mass is 10.0. The van der Waals surface area contributed by atoms with E-state index in [2.05, 4.69) is 5.32 Å². The van der Waals surface area contributed by atoms with Crippen LogP contribution in [-0.2, 0) is 4.79 Å². The van der Waals surface area contributed by atoms with Crippen molar-refractivity contribution in [1.82, 2.24) is 5.32 Å². The third-order valence-electron chi connectivity index (χ3n) is 4.35. The van der Waals surface area contributed by atoms with E-state index >= 15 is 0 Å². The number of halogens is 2. The quantitative estimate of drug-likeness (QED) is 0.671. The van der Waals surface area contributed by atoms with Gasteiger partial charge in [-0.05, 0) is 25.1 Å². The predicted octanol–water partition coefficient (Wildman–Crippen LogP) is 3.09. The minimum Gasteiger partial charge on any atom is -0.463 e. The monoisotopic (exact) mass is 371 g/mol. The van der Waals surface area contributed by atoms with Crippen LogP contribution in [-0.4, -0.2) is 12.5 Å². The SMILES string of the molecule is C[C@@H](NC(=O)C[NH2+][C@@H](c1ccccc1)c1ccco1)c1ccc(F)cc1F. The molecule has 4 nitrogen and oxygen atoms in total. The summed E-state index contributed by atoms with van der Waals surface area (Å²) in [6, 6.07) is 16.0. The highest BCUT2D eigenvalue weighted by molar-refractivity contribution is 5.77. The maximum absolute atomic E-state index is 13.9. The van der Waals surface area contributed by atoms with E-state index in [1.54, 1.807) is 19.3 Å². The standard InChI is InChI=1S/C21H20F2N2O2/c1-14(17-10-9-16(22)12-18(17)23)25-20(26)13-24-21(19-8-5-11-27-19)15-6-3-2-4-7-15/h2-12,14,21,24H,13H2,1H3,(H,25,26)/p+1/t14-,21+/m1/s1. The molecule has 3 aromatic rings. The number of quaternary nitrogens is 1. The Labute approximate surface area is 156 Å². The van der Waals surface area contributed by atoms with E-state index in [0.717, 1.165) is 17.4 Å². The molecule has 0 aliphatic carbocycles. The zero-order valence-electron chi connectivity index (χ0n) is 14.9. The van der Waals surface area contributed by atoms with Crippen LogP contribution >= 0.6 is 0 Å². The number of carbonyl (C=O) groups excluding carboxylic acids is 1. The number of amides is 1. The van der Waals surface area contributed by atoms with Crippen molar-refractivity contribution in [3.05, 3.63) is 95.4 Å². The Kier molecular flexibility index (Phi) is 5.98. The van der Waals surface area contributed by atoms with Gasteiger partial charge in [-0.3, -0.25) is 4.79 Å². The predicted molar refractivity (Wildman–Crippen MR) is 96.7 cm³/mol. The van der Waals surface area contributed by atoms with E-state index < -0.39 is 17.7 Å². The van der Waals surface area contributed by atoms with Crippen LogP contribution in [0.15, 0.2) is 71.3 Å². The summed E-state index contributed by atoms with van der Waals surface area (Å²) < 4.78 is 32.4. The molecule has 27 heavy (non-hydrogen) atoms. The molecule has 0 spiro atoms. The van der Waals surface area contributed by atoms with E-state index in [9.17, 15) is 13.6 Å². The van der Waals surface area contributed by atoms with Crippen LogP contribution in [0.5, 0.6) is 0 Å². The summed E-state index contributed by atoms with van der Waals surface area (Å²) in [5, 5.41) is 4.60. The first-order valence-electron chi connectivity index (χ1n) is 8.70. The van der Waals surface area contributed by atoms with Crippen LogP contribution in [0.3, 0.4) is 0 Å². The molecule has 3 rings (SSSR count). The summed E-state index contributed by atoms with van der Waals surface area (Å²) in [6.07, 6.45) is 1.60. The van der Waals surface area contributed by atoms with Gasteiger partial charge in [0.25, 0.3) is 5.91 Å². The highest BCUT2D eigenvalue weighted by atomic mass is 19.1. The average molecular weight is 371 g/mol. The molecule has 0 saturated heterocycles.